The van der Waals surface area contributed by atoms with E-state index >= 15 is 0 Å². The van der Waals surface area contributed by atoms with Crippen molar-refractivity contribution in [3.63, 3.8) is 0 Å². The summed E-state index contributed by atoms with van der Waals surface area (Å²) in [6.45, 7) is 4.05. The number of imidazole rings is 1. The van der Waals surface area contributed by atoms with Crippen LogP contribution in [0.2, 0.25) is 0 Å². The topological polar surface area (TPSA) is 48.3 Å². The Morgan fingerprint density at radius 2 is 2.26 bits per heavy atom. The van der Waals surface area contributed by atoms with E-state index in [-0.39, 0.29) is 0 Å². The summed E-state index contributed by atoms with van der Waals surface area (Å²) in [4.78, 5) is 4.30. The first-order valence-corrected chi connectivity index (χ1v) is 6.33. The second kappa shape index (κ2) is 6.80. The van der Waals surface area contributed by atoms with E-state index in [1.165, 1.54) is 0 Å². The Kier molecular flexibility index (Phi) is 4.80. The molecule has 0 aliphatic carbocycles. The van der Waals surface area contributed by atoms with E-state index in [0.29, 0.717) is 13.2 Å². The Hall–Kier alpha value is -2.01. The van der Waals surface area contributed by atoms with Gasteiger partial charge in [0.15, 0.2) is 0 Å². The first kappa shape index (κ1) is 13.4. The number of nitrogens with zero attached hydrogens (tertiary/aromatic N) is 2. The van der Waals surface area contributed by atoms with Crippen LogP contribution in [0.15, 0.2) is 36.7 Å². The summed E-state index contributed by atoms with van der Waals surface area (Å²) in [6.07, 6.45) is 3.69. The first-order valence-electron chi connectivity index (χ1n) is 6.33. The molecule has 0 bridgehead atoms. The maximum absolute atomic E-state index is 5.47. The zero-order chi connectivity index (χ0) is 13.5. The van der Waals surface area contributed by atoms with Gasteiger partial charge in [-0.15, -0.1) is 0 Å². The average Bonchev–Trinajstić information content (AvgIpc) is 2.84. The summed E-state index contributed by atoms with van der Waals surface area (Å²) >= 11 is 0. The third-order valence-electron chi connectivity index (χ3n) is 2.65. The fourth-order valence-electron chi connectivity index (χ4n) is 1.76. The van der Waals surface area contributed by atoms with Gasteiger partial charge in [-0.3, -0.25) is 0 Å². The highest BCUT2D eigenvalue weighted by atomic mass is 16.5. The number of aromatic nitrogens is 2. The van der Waals surface area contributed by atoms with E-state index in [4.69, 9.17) is 9.47 Å². The van der Waals surface area contributed by atoms with Crippen LogP contribution in [0, 0.1) is 0 Å². The lowest BCUT2D eigenvalue weighted by Crippen LogP contribution is -2.07. The molecule has 0 unspecified atom stereocenters. The molecule has 0 aliphatic rings. The molecule has 2 rings (SSSR count). The smallest absolute Gasteiger partial charge is 0.207 e. The minimum absolute atomic E-state index is 0.657. The number of benzene rings is 1. The summed E-state index contributed by atoms with van der Waals surface area (Å²) in [7, 11) is 1.69. The van der Waals surface area contributed by atoms with Crippen molar-refractivity contribution in [2.75, 3.05) is 25.6 Å². The molecule has 1 aromatic heterocycles. The van der Waals surface area contributed by atoms with Crippen LogP contribution in [0.4, 0.5) is 11.6 Å². The lowest BCUT2D eigenvalue weighted by atomic mass is 10.3. The molecule has 1 N–H and O–H groups in total. The molecule has 0 radical (unpaired) electrons. The maximum atomic E-state index is 5.47. The molecule has 1 heterocycles. The van der Waals surface area contributed by atoms with E-state index in [1.54, 1.807) is 13.3 Å². The largest absolute Gasteiger partial charge is 0.494 e. The van der Waals surface area contributed by atoms with Crippen LogP contribution in [0.5, 0.6) is 5.75 Å². The van der Waals surface area contributed by atoms with Crippen molar-refractivity contribution in [3.05, 3.63) is 36.7 Å². The van der Waals surface area contributed by atoms with E-state index < -0.39 is 0 Å². The normalized spacial score (nSPS) is 10.4. The van der Waals surface area contributed by atoms with Crippen LogP contribution in [-0.2, 0) is 11.3 Å². The van der Waals surface area contributed by atoms with Gasteiger partial charge in [-0.25, -0.2) is 4.98 Å². The number of hydrogen-bond donors (Lipinski definition) is 1. The summed E-state index contributed by atoms with van der Waals surface area (Å²) < 4.78 is 12.6. The lowest BCUT2D eigenvalue weighted by molar-refractivity contribution is 0.188. The van der Waals surface area contributed by atoms with Gasteiger partial charge in [0, 0.05) is 37.8 Å². The SMILES string of the molecule is CCOc1cccc(Nc2nccn2CCOC)c1. The zero-order valence-corrected chi connectivity index (χ0v) is 11.3. The van der Waals surface area contributed by atoms with Crippen LogP contribution in [0.3, 0.4) is 0 Å². The number of nitrogens with one attached hydrogen (secondary N) is 1. The van der Waals surface area contributed by atoms with Crippen molar-refractivity contribution in [1.29, 1.82) is 0 Å². The van der Waals surface area contributed by atoms with Gasteiger partial charge in [-0.2, -0.15) is 0 Å². The fourth-order valence-corrected chi connectivity index (χ4v) is 1.76. The molecule has 0 spiro atoms. The van der Waals surface area contributed by atoms with Crippen molar-refractivity contribution < 1.29 is 9.47 Å². The number of anilines is 2. The highest BCUT2D eigenvalue weighted by Gasteiger charge is 2.03. The van der Waals surface area contributed by atoms with Crippen LogP contribution < -0.4 is 10.1 Å². The Balaban J connectivity index is 2.08. The molecule has 5 nitrogen and oxygen atoms in total. The highest BCUT2D eigenvalue weighted by molar-refractivity contribution is 5.56. The van der Waals surface area contributed by atoms with Gasteiger partial charge in [-0.1, -0.05) is 6.07 Å². The Bertz CT molecular complexity index is 511. The predicted molar refractivity (Wildman–Crippen MR) is 75.0 cm³/mol. The molecule has 102 valence electrons. The van der Waals surface area contributed by atoms with Crippen LogP contribution in [0.1, 0.15) is 6.92 Å². The molecular weight excluding hydrogens is 242 g/mol. The van der Waals surface area contributed by atoms with E-state index in [9.17, 15) is 0 Å². The van der Waals surface area contributed by atoms with Crippen LogP contribution in [0.25, 0.3) is 0 Å². The van der Waals surface area contributed by atoms with Crippen molar-refractivity contribution in [3.8, 4) is 5.75 Å². The molecular formula is C14H19N3O2. The summed E-state index contributed by atoms with van der Waals surface area (Å²) in [6, 6.07) is 7.83. The van der Waals surface area contributed by atoms with Crippen LogP contribution in [-0.4, -0.2) is 29.9 Å². The number of rotatable bonds is 7. The molecule has 2 aromatic rings. The maximum Gasteiger partial charge on any atom is 0.207 e. The fraction of sp³-hybridized carbons (Fsp3) is 0.357. The number of hydrogen-bond acceptors (Lipinski definition) is 4. The van der Waals surface area contributed by atoms with Gasteiger partial charge in [0.2, 0.25) is 5.95 Å². The molecule has 0 aliphatic heterocycles. The summed E-state index contributed by atoms with van der Waals surface area (Å²) in [5.74, 6) is 1.65. The van der Waals surface area contributed by atoms with E-state index in [1.807, 2.05) is 42.0 Å². The molecule has 5 heteroatoms. The number of methoxy groups -OCH3 is 1. The second-order valence-corrected chi connectivity index (χ2v) is 4.02. The molecule has 0 saturated carbocycles. The van der Waals surface area contributed by atoms with Gasteiger partial charge in [0.1, 0.15) is 5.75 Å². The second-order valence-electron chi connectivity index (χ2n) is 4.02. The minimum Gasteiger partial charge on any atom is -0.494 e. The quantitative estimate of drug-likeness (QED) is 0.832. The Morgan fingerprint density at radius 3 is 3.05 bits per heavy atom. The van der Waals surface area contributed by atoms with Crippen molar-refractivity contribution in [1.82, 2.24) is 9.55 Å². The van der Waals surface area contributed by atoms with Gasteiger partial charge in [-0.05, 0) is 19.1 Å². The van der Waals surface area contributed by atoms with Gasteiger partial charge < -0.3 is 19.4 Å². The van der Waals surface area contributed by atoms with Crippen LogP contribution >= 0.6 is 0 Å². The van der Waals surface area contributed by atoms with Gasteiger partial charge in [0.05, 0.1) is 13.2 Å². The summed E-state index contributed by atoms with van der Waals surface area (Å²) in [5.41, 5.74) is 0.954. The average molecular weight is 261 g/mol. The molecule has 0 saturated heterocycles. The third kappa shape index (κ3) is 3.72. The molecule has 0 fully saturated rings. The van der Waals surface area contributed by atoms with Crippen molar-refractivity contribution in [2.45, 2.75) is 13.5 Å². The molecule has 0 atom stereocenters. The summed E-state index contributed by atoms with van der Waals surface area (Å²) in [5, 5.41) is 3.28. The lowest BCUT2D eigenvalue weighted by Gasteiger charge is -2.10. The van der Waals surface area contributed by atoms with E-state index in [0.717, 1.165) is 23.9 Å². The zero-order valence-electron chi connectivity index (χ0n) is 11.3. The van der Waals surface area contributed by atoms with Gasteiger partial charge in [0.25, 0.3) is 0 Å². The Labute approximate surface area is 113 Å². The first-order chi connectivity index (χ1) is 9.33. The molecule has 19 heavy (non-hydrogen) atoms. The number of ether oxygens (including phenoxy) is 2. The standard InChI is InChI=1S/C14H19N3O2/c1-3-19-13-6-4-5-12(11-13)16-14-15-7-8-17(14)9-10-18-2/h4-8,11H,3,9-10H2,1-2H3,(H,15,16). The minimum atomic E-state index is 0.657. The van der Waals surface area contributed by atoms with Gasteiger partial charge >= 0.3 is 0 Å². The molecule has 0 amide bonds. The van der Waals surface area contributed by atoms with E-state index in [2.05, 4.69) is 10.3 Å². The van der Waals surface area contributed by atoms with Crippen molar-refractivity contribution in [2.24, 2.45) is 0 Å². The Morgan fingerprint density at radius 1 is 1.37 bits per heavy atom. The van der Waals surface area contributed by atoms with Crippen molar-refractivity contribution >= 4 is 11.6 Å². The molecule has 1 aromatic carbocycles. The monoisotopic (exact) mass is 261 g/mol. The predicted octanol–water partition coefficient (Wildman–Crippen LogP) is 2.67. The third-order valence-corrected chi connectivity index (χ3v) is 2.65. The highest BCUT2D eigenvalue weighted by Crippen LogP contribution is 2.20.